The summed E-state index contributed by atoms with van der Waals surface area (Å²) in [5.41, 5.74) is 1.57. The Morgan fingerprint density at radius 2 is 2.00 bits per heavy atom. The molecule has 1 aromatic heterocycles. The van der Waals surface area contributed by atoms with E-state index >= 15 is 0 Å². The molecule has 0 aliphatic carbocycles. The van der Waals surface area contributed by atoms with E-state index in [-0.39, 0.29) is 5.56 Å². The van der Waals surface area contributed by atoms with Crippen LogP contribution in [-0.4, -0.2) is 35.8 Å². The zero-order valence-electron chi connectivity index (χ0n) is 12.9. The predicted molar refractivity (Wildman–Crippen MR) is 84.2 cm³/mol. The molecule has 0 saturated heterocycles. The van der Waals surface area contributed by atoms with Crippen LogP contribution < -0.4 is 4.31 Å². The van der Waals surface area contributed by atoms with E-state index in [2.05, 4.69) is 5.10 Å². The summed E-state index contributed by atoms with van der Waals surface area (Å²) in [6.45, 7) is 1.85. The van der Waals surface area contributed by atoms with Gasteiger partial charge in [-0.2, -0.15) is 13.5 Å². The molecular formula is C15H17N3O4S. The third-order valence-corrected chi connectivity index (χ3v) is 5.85. The lowest BCUT2D eigenvalue weighted by molar-refractivity contribution is 0.0691. The van der Waals surface area contributed by atoms with Crippen LogP contribution in [0.2, 0.25) is 0 Å². The Morgan fingerprint density at radius 3 is 2.70 bits per heavy atom. The minimum atomic E-state index is -4.03. The van der Waals surface area contributed by atoms with Crippen molar-refractivity contribution in [1.29, 1.82) is 0 Å². The van der Waals surface area contributed by atoms with Crippen molar-refractivity contribution in [2.24, 2.45) is 7.05 Å². The van der Waals surface area contributed by atoms with Crippen molar-refractivity contribution in [2.75, 3.05) is 10.8 Å². The molecule has 122 valence electrons. The zero-order chi connectivity index (χ0) is 16.8. The minimum absolute atomic E-state index is 0.268. The normalized spacial score (nSPS) is 14.6. The summed E-state index contributed by atoms with van der Waals surface area (Å²) in [6.07, 6.45) is 1.49. The van der Waals surface area contributed by atoms with Gasteiger partial charge in [-0.25, -0.2) is 4.79 Å². The molecule has 0 unspecified atom stereocenters. The van der Waals surface area contributed by atoms with Crippen LogP contribution >= 0.6 is 0 Å². The molecule has 8 heteroatoms. The highest BCUT2D eigenvalue weighted by Crippen LogP contribution is 2.32. The maximum Gasteiger partial charge on any atom is 0.340 e. The van der Waals surface area contributed by atoms with Gasteiger partial charge in [-0.1, -0.05) is 18.2 Å². The standard InChI is InChI=1S/C15H17N3O4S/c1-10-13(15(19)20)14(16-17(10)2)23(21,22)18-9-5-7-11-6-3-4-8-12(11)18/h3-4,6,8H,5,7,9H2,1-2H3,(H,19,20). The highest BCUT2D eigenvalue weighted by molar-refractivity contribution is 7.92. The number of aryl methyl sites for hydroxylation is 2. The number of benzene rings is 1. The number of aromatic nitrogens is 2. The second kappa shape index (κ2) is 5.38. The molecule has 1 aromatic carbocycles. The third kappa shape index (κ3) is 2.39. The van der Waals surface area contributed by atoms with E-state index in [0.717, 1.165) is 12.0 Å². The number of nitrogens with zero attached hydrogens (tertiary/aromatic N) is 3. The summed E-state index contributed by atoms with van der Waals surface area (Å²) in [6, 6.07) is 7.26. The molecule has 0 amide bonds. The SMILES string of the molecule is Cc1c(C(=O)O)c(S(=O)(=O)N2CCCc3ccccc32)nn1C. The van der Waals surface area contributed by atoms with Crippen LogP contribution in [0.1, 0.15) is 28.0 Å². The lowest BCUT2D eigenvalue weighted by Crippen LogP contribution is -2.36. The van der Waals surface area contributed by atoms with E-state index in [1.165, 1.54) is 16.0 Å². The second-order valence-electron chi connectivity index (χ2n) is 5.50. The fraction of sp³-hybridized carbons (Fsp3) is 0.333. The lowest BCUT2D eigenvalue weighted by atomic mass is 10.0. The predicted octanol–water partition coefficient (Wildman–Crippen LogP) is 1.57. The molecule has 0 radical (unpaired) electrons. The Bertz CT molecular complexity index is 886. The van der Waals surface area contributed by atoms with Crippen LogP contribution in [0.25, 0.3) is 0 Å². The number of hydrogen-bond donors (Lipinski definition) is 1. The van der Waals surface area contributed by atoms with Gasteiger partial charge in [0, 0.05) is 13.6 Å². The number of aromatic carboxylic acids is 1. The van der Waals surface area contributed by atoms with Crippen LogP contribution in [0.4, 0.5) is 5.69 Å². The molecular weight excluding hydrogens is 318 g/mol. The number of sulfonamides is 1. The first kappa shape index (κ1) is 15.5. The van der Waals surface area contributed by atoms with Crippen molar-refractivity contribution in [3.8, 4) is 0 Å². The molecule has 7 nitrogen and oxygen atoms in total. The van der Waals surface area contributed by atoms with Crippen molar-refractivity contribution in [3.05, 3.63) is 41.1 Å². The van der Waals surface area contributed by atoms with Gasteiger partial charge >= 0.3 is 5.97 Å². The van der Waals surface area contributed by atoms with Crippen molar-refractivity contribution in [2.45, 2.75) is 24.8 Å². The molecule has 0 saturated carbocycles. The summed E-state index contributed by atoms with van der Waals surface area (Å²) in [7, 11) is -2.50. The number of para-hydroxylation sites is 1. The van der Waals surface area contributed by atoms with Crippen LogP contribution in [0.3, 0.4) is 0 Å². The molecule has 3 rings (SSSR count). The first-order chi connectivity index (χ1) is 10.8. The number of carboxylic acid groups (broad SMARTS) is 1. The summed E-state index contributed by atoms with van der Waals surface area (Å²) in [5, 5.41) is 12.9. The number of rotatable bonds is 3. The van der Waals surface area contributed by atoms with E-state index in [1.807, 2.05) is 12.1 Å². The average molecular weight is 335 g/mol. The van der Waals surface area contributed by atoms with Crippen LogP contribution in [0.5, 0.6) is 0 Å². The van der Waals surface area contributed by atoms with Crippen molar-refractivity contribution >= 4 is 21.7 Å². The van der Waals surface area contributed by atoms with Crippen LogP contribution in [0, 0.1) is 6.92 Å². The topological polar surface area (TPSA) is 92.5 Å². The molecule has 0 atom stereocenters. The first-order valence-electron chi connectivity index (χ1n) is 7.21. The second-order valence-corrected chi connectivity index (χ2v) is 7.28. The monoisotopic (exact) mass is 335 g/mol. The molecule has 0 bridgehead atoms. The Balaban J connectivity index is 2.18. The van der Waals surface area contributed by atoms with Gasteiger partial charge in [0.1, 0.15) is 5.56 Å². The lowest BCUT2D eigenvalue weighted by Gasteiger charge is -2.29. The fourth-order valence-corrected chi connectivity index (χ4v) is 4.59. The summed E-state index contributed by atoms with van der Waals surface area (Å²) < 4.78 is 28.6. The molecule has 0 spiro atoms. The van der Waals surface area contributed by atoms with Gasteiger partial charge in [0.25, 0.3) is 10.0 Å². The van der Waals surface area contributed by atoms with Gasteiger partial charge in [0.15, 0.2) is 0 Å². The van der Waals surface area contributed by atoms with E-state index in [0.29, 0.717) is 24.3 Å². The van der Waals surface area contributed by atoms with Gasteiger partial charge < -0.3 is 5.11 Å². The van der Waals surface area contributed by atoms with Crippen LogP contribution in [0.15, 0.2) is 29.3 Å². The number of hydrogen-bond acceptors (Lipinski definition) is 4. The fourth-order valence-electron chi connectivity index (χ4n) is 2.86. The number of anilines is 1. The van der Waals surface area contributed by atoms with Crippen molar-refractivity contribution in [1.82, 2.24) is 9.78 Å². The van der Waals surface area contributed by atoms with Gasteiger partial charge in [0.2, 0.25) is 5.03 Å². The molecule has 1 aliphatic rings. The largest absolute Gasteiger partial charge is 0.478 e. The van der Waals surface area contributed by atoms with Gasteiger partial charge in [-0.15, -0.1) is 0 Å². The molecule has 1 aliphatic heterocycles. The number of carbonyl (C=O) groups is 1. The average Bonchev–Trinajstić information content (AvgIpc) is 2.83. The highest BCUT2D eigenvalue weighted by Gasteiger charge is 2.36. The molecule has 0 fully saturated rings. The van der Waals surface area contributed by atoms with Gasteiger partial charge in [-0.05, 0) is 31.4 Å². The quantitative estimate of drug-likeness (QED) is 0.919. The Morgan fingerprint density at radius 1 is 1.30 bits per heavy atom. The van der Waals surface area contributed by atoms with Gasteiger partial charge in [0.05, 0.1) is 11.4 Å². The van der Waals surface area contributed by atoms with Crippen LogP contribution in [-0.2, 0) is 23.5 Å². The van der Waals surface area contributed by atoms with E-state index in [4.69, 9.17) is 0 Å². The summed E-state index contributed by atoms with van der Waals surface area (Å²) >= 11 is 0. The van der Waals surface area contributed by atoms with Crippen molar-refractivity contribution < 1.29 is 18.3 Å². The maximum absolute atomic E-state index is 13.0. The minimum Gasteiger partial charge on any atom is -0.478 e. The summed E-state index contributed by atoms with van der Waals surface area (Å²) in [5.74, 6) is -1.29. The summed E-state index contributed by atoms with van der Waals surface area (Å²) in [4.78, 5) is 11.5. The van der Waals surface area contributed by atoms with E-state index in [1.54, 1.807) is 19.1 Å². The molecule has 2 heterocycles. The maximum atomic E-state index is 13.0. The zero-order valence-corrected chi connectivity index (χ0v) is 13.7. The highest BCUT2D eigenvalue weighted by atomic mass is 32.2. The van der Waals surface area contributed by atoms with Crippen molar-refractivity contribution in [3.63, 3.8) is 0 Å². The molecule has 23 heavy (non-hydrogen) atoms. The Labute approximate surface area is 134 Å². The molecule has 2 aromatic rings. The van der Waals surface area contributed by atoms with Gasteiger partial charge in [-0.3, -0.25) is 8.99 Å². The third-order valence-electron chi connectivity index (χ3n) is 4.12. The molecule has 1 N–H and O–H groups in total. The van der Waals surface area contributed by atoms with E-state index in [9.17, 15) is 18.3 Å². The Hall–Kier alpha value is -2.35. The smallest absolute Gasteiger partial charge is 0.340 e. The number of carboxylic acids is 1. The first-order valence-corrected chi connectivity index (χ1v) is 8.65. The van der Waals surface area contributed by atoms with E-state index < -0.39 is 21.0 Å². The number of fused-ring (bicyclic) bond motifs is 1. The Kier molecular flexibility index (Phi) is 3.63.